The number of aromatic nitrogens is 1. The number of hydrogen-bond acceptors (Lipinski definition) is 3. The van der Waals surface area contributed by atoms with Gasteiger partial charge in [0.2, 0.25) is 0 Å². The number of fused-ring (bicyclic) bond motifs is 1. The second kappa shape index (κ2) is 7.15. The van der Waals surface area contributed by atoms with Crippen LogP contribution in [0.15, 0.2) is 30.3 Å². The van der Waals surface area contributed by atoms with E-state index in [0.29, 0.717) is 19.0 Å². The van der Waals surface area contributed by atoms with E-state index < -0.39 is 16.2 Å². The van der Waals surface area contributed by atoms with Crippen molar-refractivity contribution in [1.82, 2.24) is 13.6 Å². The maximum atomic E-state index is 12.5. The van der Waals surface area contributed by atoms with Gasteiger partial charge in [-0.1, -0.05) is 18.2 Å². The zero-order valence-electron chi connectivity index (χ0n) is 14.2. The van der Waals surface area contributed by atoms with Gasteiger partial charge in [-0.25, -0.2) is 0 Å². The molecule has 0 saturated carbocycles. The van der Waals surface area contributed by atoms with E-state index in [1.807, 2.05) is 18.2 Å². The molecule has 0 spiro atoms. The number of carboxylic acids is 1. The summed E-state index contributed by atoms with van der Waals surface area (Å²) in [6.07, 6.45) is 1.30. The van der Waals surface area contributed by atoms with Gasteiger partial charge in [-0.05, 0) is 30.4 Å². The molecule has 2 heterocycles. The summed E-state index contributed by atoms with van der Waals surface area (Å²) in [5.41, 5.74) is 2.25. The van der Waals surface area contributed by atoms with Crippen molar-refractivity contribution in [2.75, 3.05) is 26.7 Å². The van der Waals surface area contributed by atoms with E-state index in [1.165, 1.54) is 16.7 Å². The summed E-state index contributed by atoms with van der Waals surface area (Å²) in [4.78, 5) is 14.1. The first-order valence-electron chi connectivity index (χ1n) is 8.39. The number of benzene rings is 1. The number of carboxylic acid groups (broad SMARTS) is 1. The van der Waals surface area contributed by atoms with Crippen molar-refractivity contribution in [3.8, 4) is 0 Å². The number of H-pyrrole nitrogens is 1. The smallest absolute Gasteiger partial charge is 0.304 e. The molecule has 0 aliphatic carbocycles. The molecule has 8 heteroatoms. The van der Waals surface area contributed by atoms with Crippen LogP contribution < -0.4 is 0 Å². The molecule has 0 radical (unpaired) electrons. The van der Waals surface area contributed by atoms with Gasteiger partial charge in [0.05, 0.1) is 6.42 Å². The normalized spacial score (nSPS) is 17.4. The first kappa shape index (κ1) is 17.9. The molecule has 0 bridgehead atoms. The largest absolute Gasteiger partial charge is 0.481 e. The SMILES string of the molecule is CN(CCC(=O)O)S(=O)(=O)N1CCC(c2cc3ccccc3[nH]2)CC1. The Morgan fingerprint density at radius 2 is 2.00 bits per heavy atom. The minimum atomic E-state index is -3.59. The van der Waals surface area contributed by atoms with Crippen LogP contribution in [0.25, 0.3) is 10.9 Å². The third-order valence-electron chi connectivity index (χ3n) is 4.81. The highest BCUT2D eigenvalue weighted by Gasteiger charge is 2.32. The van der Waals surface area contributed by atoms with Gasteiger partial charge < -0.3 is 10.1 Å². The van der Waals surface area contributed by atoms with Crippen LogP contribution in [-0.4, -0.2) is 59.8 Å². The van der Waals surface area contributed by atoms with Gasteiger partial charge in [0.25, 0.3) is 10.2 Å². The molecule has 136 valence electrons. The molecule has 1 aromatic heterocycles. The zero-order valence-corrected chi connectivity index (χ0v) is 15.0. The van der Waals surface area contributed by atoms with E-state index in [4.69, 9.17) is 5.11 Å². The van der Waals surface area contributed by atoms with Gasteiger partial charge in [-0.15, -0.1) is 0 Å². The average Bonchev–Trinajstić information content (AvgIpc) is 3.03. The molecule has 1 fully saturated rings. The highest BCUT2D eigenvalue weighted by Crippen LogP contribution is 2.31. The van der Waals surface area contributed by atoms with Gasteiger partial charge >= 0.3 is 5.97 Å². The van der Waals surface area contributed by atoms with E-state index in [0.717, 1.165) is 28.4 Å². The molecule has 0 atom stereocenters. The Balaban J connectivity index is 1.63. The monoisotopic (exact) mass is 365 g/mol. The van der Waals surface area contributed by atoms with E-state index in [9.17, 15) is 13.2 Å². The summed E-state index contributed by atoms with van der Waals surface area (Å²) in [5.74, 6) is -0.692. The highest BCUT2D eigenvalue weighted by molar-refractivity contribution is 7.86. The van der Waals surface area contributed by atoms with E-state index in [-0.39, 0.29) is 13.0 Å². The molecular formula is C17H23N3O4S. The number of para-hydroxylation sites is 1. The molecule has 2 N–H and O–H groups in total. The fraction of sp³-hybridized carbons (Fsp3) is 0.471. The lowest BCUT2D eigenvalue weighted by Crippen LogP contribution is -2.46. The Hall–Kier alpha value is -1.90. The van der Waals surface area contributed by atoms with Crippen LogP contribution in [0, 0.1) is 0 Å². The van der Waals surface area contributed by atoms with Gasteiger partial charge in [0.15, 0.2) is 0 Å². The first-order chi connectivity index (χ1) is 11.9. The number of nitrogens with zero attached hydrogens (tertiary/aromatic N) is 2. The first-order valence-corrected chi connectivity index (χ1v) is 9.78. The molecule has 0 amide bonds. The van der Waals surface area contributed by atoms with Crippen LogP contribution in [0.4, 0.5) is 0 Å². The molecule has 1 aliphatic heterocycles. The van der Waals surface area contributed by atoms with E-state index in [2.05, 4.69) is 17.1 Å². The third kappa shape index (κ3) is 3.86. The van der Waals surface area contributed by atoms with Crippen molar-refractivity contribution in [2.45, 2.75) is 25.2 Å². The molecule has 3 rings (SSSR count). The summed E-state index contributed by atoms with van der Waals surface area (Å²) in [6, 6.07) is 10.2. The lowest BCUT2D eigenvalue weighted by molar-refractivity contribution is -0.137. The Morgan fingerprint density at radius 1 is 1.32 bits per heavy atom. The lowest BCUT2D eigenvalue weighted by atomic mass is 9.95. The van der Waals surface area contributed by atoms with Crippen molar-refractivity contribution in [2.24, 2.45) is 0 Å². The van der Waals surface area contributed by atoms with Crippen LogP contribution in [-0.2, 0) is 15.0 Å². The van der Waals surface area contributed by atoms with Gasteiger partial charge in [0, 0.05) is 43.8 Å². The Morgan fingerprint density at radius 3 is 2.64 bits per heavy atom. The molecule has 2 aromatic rings. The van der Waals surface area contributed by atoms with Crippen molar-refractivity contribution < 1.29 is 18.3 Å². The van der Waals surface area contributed by atoms with Crippen molar-refractivity contribution in [1.29, 1.82) is 0 Å². The molecule has 0 unspecified atom stereocenters. The topological polar surface area (TPSA) is 93.7 Å². The third-order valence-corrected chi connectivity index (χ3v) is 6.79. The number of carbonyl (C=O) groups is 1. The van der Waals surface area contributed by atoms with E-state index in [1.54, 1.807) is 0 Å². The predicted octanol–water partition coefficient (Wildman–Crippen LogP) is 2.00. The summed E-state index contributed by atoms with van der Waals surface area (Å²) in [7, 11) is -2.16. The zero-order chi connectivity index (χ0) is 18.0. The molecule has 25 heavy (non-hydrogen) atoms. The van der Waals surface area contributed by atoms with Crippen LogP contribution in [0.5, 0.6) is 0 Å². The van der Waals surface area contributed by atoms with Crippen molar-refractivity contribution in [3.63, 3.8) is 0 Å². The molecule has 1 aromatic carbocycles. The number of nitrogens with one attached hydrogen (secondary N) is 1. The fourth-order valence-corrected chi connectivity index (χ4v) is 4.67. The maximum absolute atomic E-state index is 12.5. The van der Waals surface area contributed by atoms with Crippen LogP contribution in [0.2, 0.25) is 0 Å². The Labute approximate surface area is 147 Å². The molecule has 1 aliphatic rings. The number of piperidine rings is 1. The Bertz CT molecular complexity index is 821. The molecule has 7 nitrogen and oxygen atoms in total. The number of aliphatic carboxylic acids is 1. The predicted molar refractivity (Wildman–Crippen MR) is 95.6 cm³/mol. The van der Waals surface area contributed by atoms with Gasteiger partial charge in [0.1, 0.15) is 0 Å². The van der Waals surface area contributed by atoms with Gasteiger partial charge in [-0.3, -0.25) is 4.79 Å². The summed E-state index contributed by atoms with van der Waals surface area (Å²) in [5, 5.41) is 9.89. The second-order valence-corrected chi connectivity index (χ2v) is 8.49. The summed E-state index contributed by atoms with van der Waals surface area (Å²) in [6.45, 7) is 0.874. The average molecular weight is 365 g/mol. The summed E-state index contributed by atoms with van der Waals surface area (Å²) < 4.78 is 27.6. The molecular weight excluding hydrogens is 342 g/mol. The number of rotatable bonds is 6. The lowest BCUT2D eigenvalue weighted by Gasteiger charge is -2.33. The van der Waals surface area contributed by atoms with Crippen molar-refractivity contribution >= 4 is 27.1 Å². The summed E-state index contributed by atoms with van der Waals surface area (Å²) >= 11 is 0. The van der Waals surface area contributed by atoms with E-state index >= 15 is 0 Å². The van der Waals surface area contributed by atoms with Crippen LogP contribution >= 0.6 is 0 Å². The van der Waals surface area contributed by atoms with Crippen molar-refractivity contribution in [3.05, 3.63) is 36.0 Å². The minimum Gasteiger partial charge on any atom is -0.481 e. The quantitative estimate of drug-likeness (QED) is 0.819. The number of aromatic amines is 1. The maximum Gasteiger partial charge on any atom is 0.304 e. The Kier molecular flexibility index (Phi) is 5.12. The van der Waals surface area contributed by atoms with Crippen LogP contribution in [0.3, 0.4) is 0 Å². The minimum absolute atomic E-state index is 0.0143. The second-order valence-electron chi connectivity index (χ2n) is 6.46. The van der Waals surface area contributed by atoms with Gasteiger partial charge in [-0.2, -0.15) is 17.0 Å². The molecule has 1 saturated heterocycles. The van der Waals surface area contributed by atoms with Crippen LogP contribution in [0.1, 0.15) is 30.9 Å². The highest BCUT2D eigenvalue weighted by atomic mass is 32.2. The standard InChI is InChI=1S/C17H23N3O4S/c1-19(9-8-17(21)22)25(23,24)20-10-6-13(7-11-20)16-12-14-4-2-3-5-15(14)18-16/h2-5,12-13,18H,6-11H2,1H3,(H,21,22). The number of hydrogen-bond donors (Lipinski definition) is 2. The fourth-order valence-electron chi connectivity index (χ4n) is 3.28.